The Bertz CT molecular complexity index is 951. The molecule has 3 atom stereocenters. The number of carbonyl (C=O) groups is 2. The van der Waals surface area contributed by atoms with Gasteiger partial charge in [0.05, 0.1) is 19.2 Å². The molecule has 0 aliphatic carbocycles. The first-order chi connectivity index (χ1) is 17.3. The monoisotopic (exact) mass is 498 g/mol. The van der Waals surface area contributed by atoms with Crippen LogP contribution in [0.3, 0.4) is 0 Å². The van der Waals surface area contributed by atoms with Crippen LogP contribution >= 0.6 is 0 Å². The summed E-state index contributed by atoms with van der Waals surface area (Å²) in [5.74, 6) is 6.21. The topological polar surface area (TPSA) is 86.2 Å². The molecule has 2 aliphatic heterocycles. The Balaban J connectivity index is 1.78. The lowest BCUT2D eigenvalue weighted by Crippen LogP contribution is -2.50. The summed E-state index contributed by atoms with van der Waals surface area (Å²) in [6.45, 7) is 9.49. The minimum atomic E-state index is -0.356. The summed E-state index contributed by atoms with van der Waals surface area (Å²) >= 11 is 0. The molecule has 1 fully saturated rings. The van der Waals surface area contributed by atoms with E-state index >= 15 is 0 Å². The number of aliphatic hydroxyl groups is 1. The van der Waals surface area contributed by atoms with Gasteiger partial charge in [-0.3, -0.25) is 9.59 Å². The van der Waals surface area contributed by atoms with Crippen LogP contribution in [0.1, 0.15) is 75.2 Å². The van der Waals surface area contributed by atoms with Gasteiger partial charge in [0.15, 0.2) is 0 Å². The molecule has 1 saturated heterocycles. The van der Waals surface area contributed by atoms with Crippen LogP contribution in [0.4, 0.5) is 0 Å². The van der Waals surface area contributed by atoms with Crippen LogP contribution < -0.4 is 4.74 Å². The Morgan fingerprint density at radius 2 is 2.08 bits per heavy atom. The average Bonchev–Trinajstić information content (AvgIpc) is 2.89. The fourth-order valence-electron chi connectivity index (χ4n) is 4.68. The molecule has 1 aromatic rings. The molecule has 36 heavy (non-hydrogen) atoms. The van der Waals surface area contributed by atoms with Crippen LogP contribution in [0.2, 0.25) is 0 Å². The van der Waals surface area contributed by atoms with Crippen molar-refractivity contribution in [2.75, 3.05) is 46.4 Å². The van der Waals surface area contributed by atoms with Crippen molar-refractivity contribution in [3.8, 4) is 17.7 Å². The van der Waals surface area contributed by atoms with Crippen molar-refractivity contribution >= 4 is 11.8 Å². The second-order valence-electron chi connectivity index (χ2n) is 10.2. The van der Waals surface area contributed by atoms with Crippen LogP contribution in [-0.4, -0.2) is 95.1 Å². The standard InChI is InChI=1S/C28H42N4O4/c1-5-6-8-11-23-16-24-27(29-17-23)36-25(21(2)18-32(28(24)35)22(3)20-33)19-30(4)26(34)12-15-31-13-9-7-10-14-31/h16-17,21-22,25,33H,5-7,9-10,12-15,18-20H2,1-4H3/t21-,22+,25-/m0/s1. The van der Waals surface area contributed by atoms with Crippen LogP contribution in [0.15, 0.2) is 12.3 Å². The lowest BCUT2D eigenvalue weighted by molar-refractivity contribution is -0.131. The molecule has 2 amide bonds. The van der Waals surface area contributed by atoms with E-state index in [-0.39, 0.29) is 42.4 Å². The maximum Gasteiger partial charge on any atom is 0.259 e. The molecule has 8 nitrogen and oxygen atoms in total. The third-order valence-electron chi connectivity index (χ3n) is 7.10. The third kappa shape index (κ3) is 7.44. The van der Waals surface area contributed by atoms with Gasteiger partial charge in [0.2, 0.25) is 11.8 Å². The molecule has 2 aliphatic rings. The Morgan fingerprint density at radius 3 is 2.78 bits per heavy atom. The van der Waals surface area contributed by atoms with Gasteiger partial charge in [0.1, 0.15) is 11.7 Å². The minimum Gasteiger partial charge on any atom is -0.472 e. The smallest absolute Gasteiger partial charge is 0.259 e. The van der Waals surface area contributed by atoms with E-state index in [2.05, 4.69) is 28.6 Å². The van der Waals surface area contributed by atoms with Gasteiger partial charge in [0, 0.05) is 50.7 Å². The van der Waals surface area contributed by atoms with Gasteiger partial charge in [-0.1, -0.05) is 32.1 Å². The molecule has 3 rings (SSSR count). The van der Waals surface area contributed by atoms with E-state index < -0.39 is 0 Å². The number of amides is 2. The molecular weight excluding hydrogens is 456 g/mol. The number of pyridine rings is 1. The quantitative estimate of drug-likeness (QED) is 0.555. The number of likely N-dealkylation sites (N-methyl/N-ethyl adjacent to an activating group) is 1. The summed E-state index contributed by atoms with van der Waals surface area (Å²) in [5, 5.41) is 9.83. The number of rotatable bonds is 8. The summed E-state index contributed by atoms with van der Waals surface area (Å²) in [5.41, 5.74) is 1.00. The van der Waals surface area contributed by atoms with E-state index in [9.17, 15) is 14.7 Å². The first-order valence-electron chi connectivity index (χ1n) is 13.4. The Hall–Kier alpha value is -2.63. The Morgan fingerprint density at radius 1 is 1.33 bits per heavy atom. The van der Waals surface area contributed by atoms with Crippen molar-refractivity contribution in [2.45, 2.75) is 71.4 Å². The average molecular weight is 499 g/mol. The molecule has 198 valence electrons. The number of aromatic nitrogens is 1. The lowest BCUT2D eigenvalue weighted by atomic mass is 9.99. The van der Waals surface area contributed by atoms with Crippen molar-refractivity contribution in [3.63, 3.8) is 0 Å². The van der Waals surface area contributed by atoms with Gasteiger partial charge in [0.25, 0.3) is 5.91 Å². The Labute approximate surface area is 216 Å². The predicted molar refractivity (Wildman–Crippen MR) is 140 cm³/mol. The highest BCUT2D eigenvalue weighted by molar-refractivity contribution is 5.97. The van der Waals surface area contributed by atoms with E-state index in [4.69, 9.17) is 4.74 Å². The lowest BCUT2D eigenvalue weighted by Gasteiger charge is -2.37. The van der Waals surface area contributed by atoms with Gasteiger partial charge in [-0.2, -0.15) is 0 Å². The predicted octanol–water partition coefficient (Wildman–Crippen LogP) is 2.79. The van der Waals surface area contributed by atoms with E-state index in [0.717, 1.165) is 32.5 Å². The van der Waals surface area contributed by atoms with Crippen LogP contribution in [0.5, 0.6) is 5.88 Å². The number of nitrogens with zero attached hydrogens (tertiary/aromatic N) is 4. The third-order valence-corrected chi connectivity index (χ3v) is 7.10. The zero-order chi connectivity index (χ0) is 26.1. The number of fused-ring (bicyclic) bond motifs is 1. The minimum absolute atomic E-state index is 0.0701. The maximum atomic E-state index is 13.5. The molecular formula is C28H42N4O4. The summed E-state index contributed by atoms with van der Waals surface area (Å²) in [6, 6.07) is 1.37. The number of piperidine rings is 1. The molecule has 0 spiro atoms. The fourth-order valence-corrected chi connectivity index (χ4v) is 4.68. The first kappa shape index (κ1) is 27.9. The molecule has 8 heteroatoms. The first-order valence-corrected chi connectivity index (χ1v) is 13.4. The molecule has 0 saturated carbocycles. The van der Waals surface area contributed by atoms with Crippen molar-refractivity contribution in [2.24, 2.45) is 5.92 Å². The molecule has 0 radical (unpaired) electrons. The largest absolute Gasteiger partial charge is 0.472 e. The van der Waals surface area contributed by atoms with Gasteiger partial charge in [-0.05, 0) is 45.3 Å². The number of hydrogen-bond donors (Lipinski definition) is 1. The van der Waals surface area contributed by atoms with E-state index in [1.165, 1.54) is 19.3 Å². The highest BCUT2D eigenvalue weighted by Crippen LogP contribution is 2.27. The highest BCUT2D eigenvalue weighted by Gasteiger charge is 2.34. The SMILES string of the molecule is CCCC#Cc1cnc2c(c1)C(=O)N([C@H](C)CO)C[C@H](C)[C@H](CN(C)C(=O)CCN1CCCCC1)O2. The zero-order valence-electron chi connectivity index (χ0n) is 22.3. The molecule has 1 N–H and O–H groups in total. The number of unbranched alkanes of at least 4 members (excludes halogenated alkanes) is 1. The molecule has 0 unspecified atom stereocenters. The van der Waals surface area contributed by atoms with Crippen LogP contribution in [0.25, 0.3) is 0 Å². The van der Waals surface area contributed by atoms with Gasteiger partial charge < -0.3 is 24.5 Å². The Kier molecular flexibility index (Phi) is 10.6. The maximum absolute atomic E-state index is 13.5. The van der Waals surface area contributed by atoms with Crippen molar-refractivity contribution < 1.29 is 19.4 Å². The normalized spacial score (nSPS) is 21.4. The second kappa shape index (κ2) is 13.6. The van der Waals surface area contributed by atoms with Gasteiger partial charge in [-0.15, -0.1) is 0 Å². The second-order valence-corrected chi connectivity index (χ2v) is 10.2. The van der Waals surface area contributed by atoms with E-state index in [0.29, 0.717) is 30.6 Å². The number of aliphatic hydroxyl groups excluding tert-OH is 1. The van der Waals surface area contributed by atoms with Gasteiger partial charge in [-0.25, -0.2) is 4.98 Å². The van der Waals surface area contributed by atoms with Crippen LogP contribution in [0, 0.1) is 17.8 Å². The summed E-state index contributed by atoms with van der Waals surface area (Å²) in [6.07, 6.45) is 7.18. The number of ether oxygens (including phenoxy) is 1. The van der Waals surface area contributed by atoms with Crippen LogP contribution in [-0.2, 0) is 4.79 Å². The molecule has 1 aromatic heterocycles. The van der Waals surface area contributed by atoms with E-state index in [1.54, 1.807) is 22.1 Å². The molecule has 3 heterocycles. The number of hydrogen-bond acceptors (Lipinski definition) is 6. The fraction of sp³-hybridized carbons (Fsp3) is 0.679. The summed E-state index contributed by atoms with van der Waals surface area (Å²) < 4.78 is 6.30. The number of carbonyl (C=O) groups excluding carboxylic acids is 2. The summed E-state index contributed by atoms with van der Waals surface area (Å²) in [4.78, 5) is 36.6. The van der Waals surface area contributed by atoms with E-state index in [1.807, 2.05) is 20.9 Å². The number of likely N-dealkylation sites (tertiary alicyclic amines) is 1. The molecule has 0 bridgehead atoms. The summed E-state index contributed by atoms with van der Waals surface area (Å²) in [7, 11) is 1.81. The van der Waals surface area contributed by atoms with Crippen molar-refractivity contribution in [3.05, 3.63) is 23.4 Å². The zero-order valence-corrected chi connectivity index (χ0v) is 22.3. The van der Waals surface area contributed by atoms with Gasteiger partial charge >= 0.3 is 0 Å². The highest BCUT2D eigenvalue weighted by atomic mass is 16.5. The molecule has 0 aromatic carbocycles. The van der Waals surface area contributed by atoms with Crippen molar-refractivity contribution in [1.82, 2.24) is 19.7 Å². The van der Waals surface area contributed by atoms with Crippen molar-refractivity contribution in [1.29, 1.82) is 0 Å².